The van der Waals surface area contributed by atoms with E-state index < -0.39 is 0 Å². The molecule has 0 bridgehead atoms. The normalized spacial score (nSPS) is 20.4. The number of rotatable bonds is 2. The first kappa shape index (κ1) is 9.73. The van der Waals surface area contributed by atoms with Gasteiger partial charge in [-0.15, -0.1) is 0 Å². The highest BCUT2D eigenvalue weighted by Crippen LogP contribution is 2.25. The number of hydrogen-bond acceptors (Lipinski definition) is 2. The second-order valence-electron chi connectivity index (χ2n) is 4.33. The molecular formula is C13H16N2O. The van der Waals surface area contributed by atoms with Gasteiger partial charge in [-0.05, 0) is 19.0 Å². The highest BCUT2D eigenvalue weighted by Gasteiger charge is 2.17. The zero-order chi connectivity index (χ0) is 11.0. The van der Waals surface area contributed by atoms with Gasteiger partial charge in [0.25, 0.3) is 0 Å². The van der Waals surface area contributed by atoms with Crippen LogP contribution in [0.1, 0.15) is 6.42 Å². The Hall–Kier alpha value is -1.48. The third-order valence-electron chi connectivity index (χ3n) is 3.21. The van der Waals surface area contributed by atoms with Gasteiger partial charge in [0.1, 0.15) is 6.10 Å². The molecule has 1 saturated heterocycles. The van der Waals surface area contributed by atoms with Crippen LogP contribution < -0.4 is 10.1 Å². The minimum absolute atomic E-state index is 0.322. The summed E-state index contributed by atoms with van der Waals surface area (Å²) in [6, 6.07) is 10.5. The first-order valence-corrected chi connectivity index (χ1v) is 5.76. The molecule has 1 aromatic heterocycles. The van der Waals surface area contributed by atoms with E-state index >= 15 is 0 Å². The first-order chi connectivity index (χ1) is 7.84. The highest BCUT2D eigenvalue weighted by atomic mass is 16.5. The van der Waals surface area contributed by atoms with Crippen molar-refractivity contribution in [1.82, 2.24) is 9.88 Å². The number of nitrogens with zero attached hydrogens (tertiary/aromatic N) is 1. The molecular weight excluding hydrogens is 200 g/mol. The van der Waals surface area contributed by atoms with Gasteiger partial charge < -0.3 is 14.6 Å². The van der Waals surface area contributed by atoms with E-state index in [4.69, 9.17) is 4.74 Å². The number of benzene rings is 1. The van der Waals surface area contributed by atoms with E-state index in [-0.39, 0.29) is 0 Å². The van der Waals surface area contributed by atoms with Gasteiger partial charge in [-0.25, -0.2) is 0 Å². The van der Waals surface area contributed by atoms with Gasteiger partial charge in [-0.3, -0.25) is 0 Å². The fraction of sp³-hybridized carbons (Fsp3) is 0.385. The largest absolute Gasteiger partial charge is 0.474 e. The fourth-order valence-electron chi connectivity index (χ4n) is 2.28. The molecule has 16 heavy (non-hydrogen) atoms. The number of aryl methyl sites for hydroxylation is 1. The van der Waals surface area contributed by atoms with Gasteiger partial charge in [0, 0.05) is 25.0 Å². The molecule has 0 radical (unpaired) electrons. The molecule has 0 saturated carbocycles. The van der Waals surface area contributed by atoms with Crippen LogP contribution in [0.25, 0.3) is 10.9 Å². The molecule has 1 fully saturated rings. The van der Waals surface area contributed by atoms with Crippen molar-refractivity contribution in [2.24, 2.45) is 7.05 Å². The van der Waals surface area contributed by atoms with Gasteiger partial charge in [0.2, 0.25) is 0 Å². The summed E-state index contributed by atoms with van der Waals surface area (Å²) in [6.45, 7) is 2.02. The summed E-state index contributed by atoms with van der Waals surface area (Å²) < 4.78 is 8.11. The van der Waals surface area contributed by atoms with Crippen LogP contribution in [-0.2, 0) is 7.05 Å². The summed E-state index contributed by atoms with van der Waals surface area (Å²) in [5, 5.41) is 4.55. The van der Waals surface area contributed by atoms with E-state index in [2.05, 4.69) is 47.3 Å². The maximum atomic E-state index is 5.99. The first-order valence-electron chi connectivity index (χ1n) is 5.76. The van der Waals surface area contributed by atoms with Crippen LogP contribution in [0.4, 0.5) is 0 Å². The summed E-state index contributed by atoms with van der Waals surface area (Å²) in [5.74, 6) is 0.968. The predicted octanol–water partition coefficient (Wildman–Crippen LogP) is 1.92. The van der Waals surface area contributed by atoms with Crippen molar-refractivity contribution in [1.29, 1.82) is 0 Å². The van der Waals surface area contributed by atoms with Crippen LogP contribution in [0.2, 0.25) is 0 Å². The lowest BCUT2D eigenvalue weighted by Crippen LogP contribution is -2.20. The van der Waals surface area contributed by atoms with Gasteiger partial charge in [-0.2, -0.15) is 0 Å². The average Bonchev–Trinajstić information content (AvgIpc) is 2.90. The topological polar surface area (TPSA) is 26.2 Å². The summed E-state index contributed by atoms with van der Waals surface area (Å²) >= 11 is 0. The van der Waals surface area contributed by atoms with Crippen molar-refractivity contribution >= 4 is 10.9 Å². The van der Waals surface area contributed by atoms with E-state index in [0.29, 0.717) is 6.10 Å². The fourth-order valence-corrected chi connectivity index (χ4v) is 2.28. The predicted molar refractivity (Wildman–Crippen MR) is 64.8 cm³/mol. The molecule has 1 atom stereocenters. The Morgan fingerprint density at radius 2 is 2.25 bits per heavy atom. The molecule has 0 spiro atoms. The summed E-state index contributed by atoms with van der Waals surface area (Å²) in [7, 11) is 2.06. The molecule has 1 unspecified atom stereocenters. The average molecular weight is 216 g/mol. The van der Waals surface area contributed by atoms with Crippen molar-refractivity contribution in [3.05, 3.63) is 30.3 Å². The van der Waals surface area contributed by atoms with Gasteiger partial charge in [0.15, 0.2) is 5.88 Å². The Morgan fingerprint density at radius 3 is 3.00 bits per heavy atom. The molecule has 1 N–H and O–H groups in total. The van der Waals surface area contributed by atoms with Crippen molar-refractivity contribution < 1.29 is 4.74 Å². The lowest BCUT2D eigenvalue weighted by Gasteiger charge is -2.12. The Morgan fingerprint density at radius 1 is 1.38 bits per heavy atom. The summed E-state index contributed by atoms with van der Waals surface area (Å²) in [4.78, 5) is 0. The zero-order valence-corrected chi connectivity index (χ0v) is 9.44. The van der Waals surface area contributed by atoms with Crippen LogP contribution in [0.5, 0.6) is 5.88 Å². The maximum Gasteiger partial charge on any atom is 0.194 e. The summed E-state index contributed by atoms with van der Waals surface area (Å²) in [5.41, 5.74) is 1.23. The van der Waals surface area contributed by atoms with Gasteiger partial charge in [0.05, 0.1) is 5.52 Å². The van der Waals surface area contributed by atoms with E-state index in [1.807, 2.05) is 0 Å². The van der Waals surface area contributed by atoms with Crippen LogP contribution >= 0.6 is 0 Å². The summed E-state index contributed by atoms with van der Waals surface area (Å²) in [6.07, 6.45) is 1.42. The molecule has 1 aliphatic rings. The highest BCUT2D eigenvalue weighted by molar-refractivity contribution is 5.82. The minimum Gasteiger partial charge on any atom is -0.474 e. The number of hydrogen-bond donors (Lipinski definition) is 1. The Bertz CT molecular complexity index is 498. The molecule has 84 valence electrons. The van der Waals surface area contributed by atoms with Crippen molar-refractivity contribution in [2.45, 2.75) is 12.5 Å². The van der Waals surface area contributed by atoms with Crippen LogP contribution in [-0.4, -0.2) is 23.8 Å². The molecule has 2 aromatic rings. The number of ether oxygens (including phenoxy) is 1. The molecule has 1 aliphatic heterocycles. The molecule has 0 aliphatic carbocycles. The van der Waals surface area contributed by atoms with E-state index in [0.717, 1.165) is 25.4 Å². The maximum absolute atomic E-state index is 5.99. The molecule has 3 nitrogen and oxygen atoms in total. The van der Waals surface area contributed by atoms with Crippen LogP contribution in [0.3, 0.4) is 0 Å². The third-order valence-corrected chi connectivity index (χ3v) is 3.21. The molecule has 2 heterocycles. The Kier molecular flexibility index (Phi) is 2.33. The van der Waals surface area contributed by atoms with Gasteiger partial charge in [-0.1, -0.05) is 18.2 Å². The standard InChI is InChI=1S/C13H16N2O/c1-15-12-5-3-2-4-10(12)8-13(15)16-11-6-7-14-9-11/h2-5,8,11,14H,6-7,9H2,1H3. The van der Waals surface area contributed by atoms with Crippen molar-refractivity contribution in [3.63, 3.8) is 0 Å². The molecule has 0 amide bonds. The lowest BCUT2D eigenvalue weighted by atomic mass is 10.2. The molecule has 3 rings (SSSR count). The van der Waals surface area contributed by atoms with E-state index in [1.54, 1.807) is 0 Å². The van der Waals surface area contributed by atoms with Gasteiger partial charge >= 0.3 is 0 Å². The van der Waals surface area contributed by atoms with Crippen LogP contribution in [0.15, 0.2) is 30.3 Å². The van der Waals surface area contributed by atoms with E-state index in [1.165, 1.54) is 10.9 Å². The Labute approximate surface area is 95.0 Å². The van der Waals surface area contributed by atoms with Crippen LogP contribution in [0, 0.1) is 0 Å². The minimum atomic E-state index is 0.322. The van der Waals surface area contributed by atoms with E-state index in [9.17, 15) is 0 Å². The lowest BCUT2D eigenvalue weighted by molar-refractivity contribution is 0.208. The molecule has 1 aromatic carbocycles. The monoisotopic (exact) mass is 216 g/mol. The number of aromatic nitrogens is 1. The number of para-hydroxylation sites is 1. The second-order valence-corrected chi connectivity index (χ2v) is 4.33. The molecule has 3 heteroatoms. The number of nitrogens with one attached hydrogen (secondary N) is 1. The van der Waals surface area contributed by atoms with Crippen molar-refractivity contribution in [2.75, 3.05) is 13.1 Å². The zero-order valence-electron chi connectivity index (χ0n) is 9.44. The quantitative estimate of drug-likeness (QED) is 0.830. The second kappa shape index (κ2) is 3.83. The smallest absolute Gasteiger partial charge is 0.194 e. The third kappa shape index (κ3) is 1.57. The Balaban J connectivity index is 1.94. The van der Waals surface area contributed by atoms with Crippen molar-refractivity contribution in [3.8, 4) is 5.88 Å². The SMILES string of the molecule is Cn1c(OC2CCNC2)cc2ccccc21. The number of fused-ring (bicyclic) bond motifs is 1.